The van der Waals surface area contributed by atoms with Crippen molar-refractivity contribution in [2.45, 2.75) is 12.5 Å². The van der Waals surface area contributed by atoms with Gasteiger partial charge in [-0.15, -0.1) is 0 Å². The fourth-order valence-electron chi connectivity index (χ4n) is 1.54. The predicted molar refractivity (Wildman–Crippen MR) is 64.9 cm³/mol. The zero-order chi connectivity index (χ0) is 12.8. The Kier molecular flexibility index (Phi) is 4.09. The normalized spacial score (nSPS) is 12.1. The van der Waals surface area contributed by atoms with Crippen molar-refractivity contribution in [1.29, 1.82) is 0 Å². The van der Waals surface area contributed by atoms with E-state index in [1.807, 2.05) is 0 Å². The lowest BCUT2D eigenvalue weighted by Gasteiger charge is -2.09. The molecule has 0 bridgehead atoms. The number of amides is 1. The van der Waals surface area contributed by atoms with E-state index in [9.17, 15) is 9.90 Å². The number of rotatable bonds is 5. The average molecular weight is 246 g/mol. The van der Waals surface area contributed by atoms with E-state index in [0.717, 1.165) is 0 Å². The predicted octanol–water partition coefficient (Wildman–Crippen LogP) is 1.53. The van der Waals surface area contributed by atoms with E-state index in [1.165, 1.54) is 12.5 Å². The Balaban J connectivity index is 1.77. The van der Waals surface area contributed by atoms with Crippen molar-refractivity contribution in [3.8, 4) is 0 Å². The van der Waals surface area contributed by atoms with Crippen molar-refractivity contribution in [3.05, 3.63) is 54.2 Å². The van der Waals surface area contributed by atoms with Gasteiger partial charge in [-0.05, 0) is 24.6 Å². The molecule has 0 fully saturated rings. The summed E-state index contributed by atoms with van der Waals surface area (Å²) >= 11 is 0. The maximum absolute atomic E-state index is 11.6. The number of carbonyl (C=O) groups excluding carboxylic acids is 1. The Morgan fingerprint density at radius 2 is 2.33 bits per heavy atom. The molecule has 2 N–H and O–H groups in total. The Morgan fingerprint density at radius 3 is 3.00 bits per heavy atom. The van der Waals surface area contributed by atoms with Crippen LogP contribution in [0.4, 0.5) is 0 Å². The quantitative estimate of drug-likeness (QED) is 0.838. The molecule has 1 amide bonds. The molecular weight excluding hydrogens is 232 g/mol. The highest BCUT2D eigenvalue weighted by atomic mass is 16.3. The summed E-state index contributed by atoms with van der Waals surface area (Å²) in [5, 5.41) is 12.5. The van der Waals surface area contributed by atoms with Gasteiger partial charge in [-0.25, -0.2) is 0 Å². The van der Waals surface area contributed by atoms with E-state index in [2.05, 4.69) is 10.3 Å². The van der Waals surface area contributed by atoms with Gasteiger partial charge in [0.1, 0.15) is 5.69 Å². The first-order valence-electron chi connectivity index (χ1n) is 5.67. The van der Waals surface area contributed by atoms with Crippen molar-refractivity contribution in [2.75, 3.05) is 6.54 Å². The third-order valence-electron chi connectivity index (χ3n) is 2.53. The lowest BCUT2D eigenvalue weighted by atomic mass is 10.1. The summed E-state index contributed by atoms with van der Waals surface area (Å²) in [5.74, 6) is -0.241. The largest absolute Gasteiger partial charge is 0.472 e. The highest BCUT2D eigenvalue weighted by Crippen LogP contribution is 2.15. The van der Waals surface area contributed by atoms with E-state index in [0.29, 0.717) is 24.2 Å². The van der Waals surface area contributed by atoms with Crippen LogP contribution in [0.2, 0.25) is 0 Å². The monoisotopic (exact) mass is 246 g/mol. The summed E-state index contributed by atoms with van der Waals surface area (Å²) < 4.78 is 4.88. The first-order chi connectivity index (χ1) is 8.77. The fourth-order valence-corrected chi connectivity index (χ4v) is 1.54. The van der Waals surface area contributed by atoms with Crippen molar-refractivity contribution < 1.29 is 14.3 Å². The van der Waals surface area contributed by atoms with Gasteiger partial charge in [-0.3, -0.25) is 9.78 Å². The fraction of sp³-hybridized carbons (Fsp3) is 0.231. The summed E-state index contributed by atoms with van der Waals surface area (Å²) in [6.45, 7) is 0.377. The highest BCUT2D eigenvalue weighted by Gasteiger charge is 2.10. The first-order valence-corrected chi connectivity index (χ1v) is 5.67. The molecule has 2 aromatic rings. The van der Waals surface area contributed by atoms with Crippen LogP contribution in [-0.2, 0) is 0 Å². The maximum atomic E-state index is 11.6. The minimum absolute atomic E-state index is 0.241. The summed E-state index contributed by atoms with van der Waals surface area (Å²) in [6.07, 6.45) is 4.36. The van der Waals surface area contributed by atoms with E-state index in [-0.39, 0.29) is 5.91 Å². The molecule has 5 heteroatoms. The number of hydrogen-bond acceptors (Lipinski definition) is 4. The molecule has 0 saturated carbocycles. The van der Waals surface area contributed by atoms with Crippen LogP contribution in [-0.4, -0.2) is 22.5 Å². The second kappa shape index (κ2) is 5.97. The van der Waals surface area contributed by atoms with Gasteiger partial charge in [0.2, 0.25) is 0 Å². The van der Waals surface area contributed by atoms with Gasteiger partial charge in [0.05, 0.1) is 18.6 Å². The van der Waals surface area contributed by atoms with Gasteiger partial charge in [0.25, 0.3) is 5.91 Å². The molecule has 2 heterocycles. The summed E-state index contributed by atoms with van der Waals surface area (Å²) in [4.78, 5) is 15.6. The van der Waals surface area contributed by atoms with Gasteiger partial charge in [0, 0.05) is 18.3 Å². The minimum atomic E-state index is -0.632. The zero-order valence-electron chi connectivity index (χ0n) is 9.74. The molecule has 0 unspecified atom stereocenters. The zero-order valence-corrected chi connectivity index (χ0v) is 9.74. The van der Waals surface area contributed by atoms with Crippen LogP contribution in [0.3, 0.4) is 0 Å². The van der Waals surface area contributed by atoms with Gasteiger partial charge in [-0.1, -0.05) is 6.07 Å². The number of nitrogens with zero attached hydrogens (tertiary/aromatic N) is 1. The number of hydrogen-bond donors (Lipinski definition) is 2. The van der Waals surface area contributed by atoms with E-state index in [1.54, 1.807) is 30.5 Å². The molecule has 94 valence electrons. The van der Waals surface area contributed by atoms with Gasteiger partial charge >= 0.3 is 0 Å². The molecule has 18 heavy (non-hydrogen) atoms. The van der Waals surface area contributed by atoms with Crippen molar-refractivity contribution in [2.24, 2.45) is 0 Å². The van der Waals surface area contributed by atoms with Gasteiger partial charge in [0.15, 0.2) is 0 Å². The molecule has 0 aliphatic carbocycles. The molecule has 5 nitrogen and oxygen atoms in total. The van der Waals surface area contributed by atoms with Crippen LogP contribution in [0.5, 0.6) is 0 Å². The molecule has 0 aromatic carbocycles. The highest BCUT2D eigenvalue weighted by molar-refractivity contribution is 5.92. The molecule has 1 atom stereocenters. The number of carbonyl (C=O) groups is 1. The standard InChI is InChI=1S/C13H14N2O3/c16-12(10-5-8-18-9-10)4-7-15-13(17)11-3-1-2-6-14-11/h1-3,5-6,8-9,12,16H,4,7H2,(H,15,17)/t12-/m1/s1. The Labute approximate surface area is 104 Å². The topological polar surface area (TPSA) is 75.4 Å². The second-order valence-corrected chi connectivity index (χ2v) is 3.83. The van der Waals surface area contributed by atoms with Crippen LogP contribution in [0.15, 0.2) is 47.4 Å². The molecule has 0 aliphatic rings. The number of furan rings is 1. The van der Waals surface area contributed by atoms with E-state index >= 15 is 0 Å². The third kappa shape index (κ3) is 3.18. The molecule has 0 saturated heterocycles. The van der Waals surface area contributed by atoms with Crippen molar-refractivity contribution >= 4 is 5.91 Å². The Morgan fingerprint density at radius 1 is 1.44 bits per heavy atom. The SMILES string of the molecule is O=C(NCC[C@@H](O)c1ccoc1)c1ccccn1. The molecular formula is C13H14N2O3. The van der Waals surface area contributed by atoms with Crippen LogP contribution in [0, 0.1) is 0 Å². The summed E-state index contributed by atoms with van der Waals surface area (Å²) in [6, 6.07) is 6.84. The molecule has 0 aliphatic heterocycles. The maximum Gasteiger partial charge on any atom is 0.269 e. The second-order valence-electron chi connectivity index (χ2n) is 3.83. The third-order valence-corrected chi connectivity index (χ3v) is 2.53. The van der Waals surface area contributed by atoms with Crippen LogP contribution in [0.25, 0.3) is 0 Å². The lowest BCUT2D eigenvalue weighted by molar-refractivity contribution is 0.0937. The molecule has 0 radical (unpaired) electrons. The average Bonchev–Trinajstić information content (AvgIpc) is 2.93. The number of aliphatic hydroxyl groups excluding tert-OH is 1. The van der Waals surface area contributed by atoms with Crippen LogP contribution < -0.4 is 5.32 Å². The van der Waals surface area contributed by atoms with Crippen LogP contribution in [0.1, 0.15) is 28.6 Å². The number of aliphatic hydroxyl groups is 1. The van der Waals surface area contributed by atoms with Crippen LogP contribution >= 0.6 is 0 Å². The molecule has 2 aromatic heterocycles. The Hall–Kier alpha value is -2.14. The molecule has 2 rings (SSSR count). The van der Waals surface area contributed by atoms with E-state index in [4.69, 9.17) is 4.42 Å². The first kappa shape index (κ1) is 12.3. The Bertz CT molecular complexity index is 482. The van der Waals surface area contributed by atoms with Gasteiger partial charge < -0.3 is 14.8 Å². The smallest absolute Gasteiger partial charge is 0.269 e. The number of aromatic nitrogens is 1. The number of nitrogens with one attached hydrogen (secondary N) is 1. The van der Waals surface area contributed by atoms with Crippen molar-refractivity contribution in [3.63, 3.8) is 0 Å². The number of pyridine rings is 1. The summed E-state index contributed by atoms with van der Waals surface area (Å²) in [5.41, 5.74) is 1.08. The van der Waals surface area contributed by atoms with Crippen molar-refractivity contribution in [1.82, 2.24) is 10.3 Å². The van der Waals surface area contributed by atoms with Gasteiger partial charge in [-0.2, -0.15) is 0 Å². The lowest BCUT2D eigenvalue weighted by Crippen LogP contribution is -2.26. The molecule has 0 spiro atoms. The minimum Gasteiger partial charge on any atom is -0.472 e. The summed E-state index contributed by atoms with van der Waals surface area (Å²) in [7, 11) is 0. The van der Waals surface area contributed by atoms with E-state index < -0.39 is 6.10 Å².